The monoisotopic (exact) mass is 504 g/mol. The predicted molar refractivity (Wildman–Crippen MR) is 128 cm³/mol. The van der Waals surface area contributed by atoms with Gasteiger partial charge < -0.3 is 14.7 Å². The normalized spacial score (nSPS) is 14.5. The van der Waals surface area contributed by atoms with Gasteiger partial charge in [-0.1, -0.05) is 11.6 Å². The number of aromatic nitrogens is 3. The fourth-order valence-electron chi connectivity index (χ4n) is 3.37. The zero-order chi connectivity index (χ0) is 24.6. The van der Waals surface area contributed by atoms with Gasteiger partial charge in [-0.15, -0.1) is 11.3 Å². The van der Waals surface area contributed by atoms with Crippen molar-refractivity contribution < 1.29 is 18.6 Å². The highest BCUT2D eigenvalue weighted by Crippen LogP contribution is 2.35. The van der Waals surface area contributed by atoms with E-state index in [4.69, 9.17) is 16.3 Å². The lowest BCUT2D eigenvalue weighted by Gasteiger charge is -2.31. The topological polar surface area (TPSA) is 71.4 Å². The molecular weight excluding hydrogens is 482 g/mol. The number of rotatable bonds is 6. The van der Waals surface area contributed by atoms with E-state index < -0.39 is 17.2 Å². The molecule has 10 heteroatoms. The van der Waals surface area contributed by atoms with Crippen LogP contribution in [0.4, 0.5) is 14.5 Å². The van der Waals surface area contributed by atoms with Crippen molar-refractivity contribution in [2.45, 2.75) is 39.9 Å². The molecule has 6 nitrogen and oxygen atoms in total. The van der Waals surface area contributed by atoms with E-state index in [-0.39, 0.29) is 12.3 Å². The third-order valence-corrected chi connectivity index (χ3v) is 6.46. The van der Waals surface area contributed by atoms with Crippen molar-refractivity contribution in [3.63, 3.8) is 0 Å². The summed E-state index contributed by atoms with van der Waals surface area (Å²) in [6.45, 7) is 7.42. The lowest BCUT2D eigenvalue weighted by Crippen LogP contribution is -2.27. The number of aryl methyl sites for hydroxylation is 1. The number of hydrogen-bond acceptors (Lipinski definition) is 7. The summed E-state index contributed by atoms with van der Waals surface area (Å²) in [5.74, 6) is -1.11. The highest BCUT2D eigenvalue weighted by Gasteiger charge is 2.24. The summed E-state index contributed by atoms with van der Waals surface area (Å²) in [7, 11) is 0. The minimum Gasteiger partial charge on any atom is -0.486 e. The Morgan fingerprint density at radius 2 is 1.97 bits per heavy atom. The molecule has 0 spiro atoms. The molecule has 0 radical (unpaired) electrons. The van der Waals surface area contributed by atoms with Crippen LogP contribution in [-0.2, 0) is 16.9 Å². The lowest BCUT2D eigenvalue weighted by molar-refractivity contribution is 0.0746. The number of ether oxygens (including phenoxy) is 1. The van der Waals surface area contributed by atoms with Crippen LogP contribution in [0.2, 0.25) is 0 Å². The maximum atomic E-state index is 13.9. The second-order valence-electron chi connectivity index (χ2n) is 8.46. The van der Waals surface area contributed by atoms with E-state index in [9.17, 15) is 13.9 Å². The molecule has 3 aromatic rings. The summed E-state index contributed by atoms with van der Waals surface area (Å²) in [5.41, 5.74) is 2.96. The van der Waals surface area contributed by atoms with Crippen molar-refractivity contribution >= 4 is 28.6 Å². The Hall–Kier alpha value is -2.88. The minimum atomic E-state index is -1.03. The molecule has 0 fully saturated rings. The Morgan fingerprint density at radius 1 is 1.21 bits per heavy atom. The van der Waals surface area contributed by atoms with Gasteiger partial charge in [-0.25, -0.2) is 13.8 Å². The first-order valence-electron chi connectivity index (χ1n) is 10.5. The van der Waals surface area contributed by atoms with Gasteiger partial charge in [0.2, 0.25) is 0 Å². The summed E-state index contributed by atoms with van der Waals surface area (Å²) in [5, 5.41) is 13.2. The average molecular weight is 505 g/mol. The molecule has 0 saturated heterocycles. The molecule has 0 unspecified atom stereocenters. The van der Waals surface area contributed by atoms with Crippen LogP contribution in [0.3, 0.4) is 0 Å². The zero-order valence-electron chi connectivity index (χ0n) is 19.1. The molecule has 0 aromatic carbocycles. The molecule has 4 heterocycles. The van der Waals surface area contributed by atoms with Crippen LogP contribution in [-0.4, -0.2) is 26.6 Å². The second kappa shape index (κ2) is 9.40. The average Bonchev–Trinajstić information content (AvgIpc) is 3.26. The van der Waals surface area contributed by atoms with Crippen LogP contribution >= 0.6 is 22.9 Å². The number of nitrogens with zero attached hydrogens (tertiary/aromatic N) is 4. The number of allylic oxidation sites excluding steroid dienone is 2. The molecule has 0 atom stereocenters. The van der Waals surface area contributed by atoms with Crippen LogP contribution in [0.15, 0.2) is 52.5 Å². The molecule has 1 aliphatic rings. The van der Waals surface area contributed by atoms with Crippen molar-refractivity contribution in [3.05, 3.63) is 81.1 Å². The van der Waals surface area contributed by atoms with Crippen molar-refractivity contribution in [1.82, 2.24) is 15.0 Å². The molecule has 1 aliphatic heterocycles. The van der Waals surface area contributed by atoms with E-state index in [2.05, 4.69) is 15.0 Å². The fourth-order valence-corrected chi connectivity index (χ4v) is 4.55. The van der Waals surface area contributed by atoms with Crippen LogP contribution in [0.1, 0.15) is 37.7 Å². The van der Waals surface area contributed by atoms with Crippen molar-refractivity contribution in [3.8, 4) is 10.7 Å². The van der Waals surface area contributed by atoms with E-state index in [1.807, 2.05) is 30.2 Å². The zero-order valence-corrected chi connectivity index (χ0v) is 20.6. The van der Waals surface area contributed by atoms with Crippen molar-refractivity contribution in [1.29, 1.82) is 0 Å². The Labute approximate surface area is 205 Å². The standard InChI is InChI=1S/C24H23ClF2N4O2S/c1-13-8-28-18(23-30-22(12-34-23)24(3,4)32)7-20(13)31-10-16(25)21(5-14(31)2)33-11-19-17(27)6-15(26)9-29-19/h5-9,12,32H,10-11H2,1-4H3. The smallest absolute Gasteiger partial charge is 0.151 e. The first-order chi connectivity index (χ1) is 16.0. The quantitative estimate of drug-likeness (QED) is 0.457. The van der Waals surface area contributed by atoms with Crippen LogP contribution < -0.4 is 4.90 Å². The van der Waals surface area contributed by atoms with Gasteiger partial charge in [0.1, 0.15) is 40.2 Å². The molecule has 4 rings (SSSR count). The summed E-state index contributed by atoms with van der Waals surface area (Å²) < 4.78 is 32.6. The molecule has 0 amide bonds. The summed E-state index contributed by atoms with van der Waals surface area (Å²) >= 11 is 7.94. The van der Waals surface area contributed by atoms with Gasteiger partial charge in [0.25, 0.3) is 0 Å². The SMILES string of the molecule is CC1=CC(OCc2ncc(F)cc2F)=C(Cl)CN1c1cc(-c2nc(C(C)(C)O)cs2)ncc1C. The van der Waals surface area contributed by atoms with Gasteiger partial charge in [-0.2, -0.15) is 0 Å². The third-order valence-electron chi connectivity index (χ3n) is 5.29. The van der Waals surface area contributed by atoms with Gasteiger partial charge in [0, 0.05) is 35.1 Å². The predicted octanol–water partition coefficient (Wildman–Crippen LogP) is 5.81. The molecule has 0 bridgehead atoms. The van der Waals surface area contributed by atoms with Gasteiger partial charge in [0.15, 0.2) is 5.82 Å². The van der Waals surface area contributed by atoms with Crippen LogP contribution in [0, 0.1) is 18.6 Å². The Balaban J connectivity index is 1.55. The van der Waals surface area contributed by atoms with Gasteiger partial charge in [-0.05, 0) is 39.3 Å². The number of pyridine rings is 2. The van der Waals surface area contributed by atoms with E-state index >= 15 is 0 Å². The number of hydrogen-bond donors (Lipinski definition) is 1. The number of aliphatic hydroxyl groups is 1. The van der Waals surface area contributed by atoms with E-state index in [1.54, 1.807) is 26.1 Å². The Bertz CT molecular complexity index is 1300. The van der Waals surface area contributed by atoms with E-state index in [0.717, 1.165) is 29.2 Å². The molecule has 0 aliphatic carbocycles. The highest BCUT2D eigenvalue weighted by molar-refractivity contribution is 7.13. The Morgan fingerprint density at radius 3 is 2.65 bits per heavy atom. The van der Waals surface area contributed by atoms with Gasteiger partial charge in [-0.3, -0.25) is 9.97 Å². The summed E-state index contributed by atoms with van der Waals surface area (Å²) in [6.07, 6.45) is 4.48. The minimum absolute atomic E-state index is 0.00431. The first-order valence-corrected chi connectivity index (χ1v) is 11.7. The molecule has 0 saturated carbocycles. The molecule has 3 aromatic heterocycles. The van der Waals surface area contributed by atoms with Gasteiger partial charge >= 0.3 is 0 Å². The summed E-state index contributed by atoms with van der Waals surface area (Å²) in [6, 6.07) is 2.70. The second-order valence-corrected chi connectivity index (χ2v) is 9.78. The maximum Gasteiger partial charge on any atom is 0.151 e. The van der Waals surface area contributed by atoms with Crippen molar-refractivity contribution in [2.75, 3.05) is 11.4 Å². The maximum absolute atomic E-state index is 13.9. The highest BCUT2D eigenvalue weighted by atomic mass is 35.5. The van der Waals surface area contributed by atoms with E-state index in [1.165, 1.54) is 11.3 Å². The molecule has 34 heavy (non-hydrogen) atoms. The number of anilines is 1. The molecule has 178 valence electrons. The molecule has 1 N–H and O–H groups in total. The lowest BCUT2D eigenvalue weighted by atomic mass is 10.1. The summed E-state index contributed by atoms with van der Waals surface area (Å²) in [4.78, 5) is 14.8. The van der Waals surface area contributed by atoms with Crippen LogP contribution in [0.25, 0.3) is 10.7 Å². The van der Waals surface area contributed by atoms with Gasteiger partial charge in [0.05, 0.1) is 23.5 Å². The van der Waals surface area contributed by atoms with Crippen molar-refractivity contribution in [2.24, 2.45) is 0 Å². The third kappa shape index (κ3) is 5.11. The fraction of sp³-hybridized carbons (Fsp3) is 0.292. The van der Waals surface area contributed by atoms with Crippen LogP contribution in [0.5, 0.6) is 0 Å². The number of thiazole rings is 1. The Kier molecular flexibility index (Phi) is 6.71. The number of halogens is 3. The first kappa shape index (κ1) is 24.3. The molecular formula is C24H23ClF2N4O2S. The van der Waals surface area contributed by atoms with E-state index in [0.29, 0.717) is 33.7 Å². The largest absolute Gasteiger partial charge is 0.486 e.